The second kappa shape index (κ2) is 10.6. The lowest BCUT2D eigenvalue weighted by molar-refractivity contribution is -0.123. The van der Waals surface area contributed by atoms with E-state index in [2.05, 4.69) is 15.4 Å². The summed E-state index contributed by atoms with van der Waals surface area (Å²) in [6.07, 6.45) is 5.05. The van der Waals surface area contributed by atoms with Crippen LogP contribution >= 0.6 is 0 Å². The van der Waals surface area contributed by atoms with Crippen molar-refractivity contribution in [1.29, 1.82) is 0 Å². The van der Waals surface area contributed by atoms with E-state index in [0.29, 0.717) is 17.8 Å². The number of aromatic nitrogens is 1. The first-order valence-corrected chi connectivity index (χ1v) is 9.34. The van der Waals surface area contributed by atoms with E-state index in [1.165, 1.54) is 5.01 Å². The van der Waals surface area contributed by atoms with Crippen LogP contribution in [0, 0.1) is 0 Å². The number of fused-ring (bicyclic) bond motifs is 1. The fourth-order valence-electron chi connectivity index (χ4n) is 3.05. The fourth-order valence-corrected chi connectivity index (χ4v) is 3.05. The number of carbonyl (C=O) groups is 2. The molecule has 0 spiro atoms. The minimum absolute atomic E-state index is 0.0878. The number of nitrogens with zero attached hydrogens (tertiary/aromatic N) is 3. The van der Waals surface area contributed by atoms with Gasteiger partial charge < -0.3 is 15.5 Å². The molecule has 1 aliphatic heterocycles. The van der Waals surface area contributed by atoms with Gasteiger partial charge >= 0.3 is 0 Å². The molecule has 0 bridgehead atoms. The number of likely N-dealkylation sites (N-methyl/N-ethyl adjacent to an activating group) is 1. The van der Waals surface area contributed by atoms with Crippen molar-refractivity contribution < 1.29 is 19.8 Å². The van der Waals surface area contributed by atoms with E-state index in [-0.39, 0.29) is 17.9 Å². The van der Waals surface area contributed by atoms with Crippen molar-refractivity contribution in [1.82, 2.24) is 15.3 Å². The molecule has 3 N–H and O–H groups in total. The molecule has 0 radical (unpaired) electrons. The van der Waals surface area contributed by atoms with Crippen LogP contribution in [0.2, 0.25) is 0 Å². The Bertz CT molecular complexity index is 997. The Labute approximate surface area is 174 Å². The van der Waals surface area contributed by atoms with Crippen LogP contribution in [0.4, 0.5) is 0 Å². The number of nitrogens with one attached hydrogen (secondary N) is 1. The summed E-state index contributed by atoms with van der Waals surface area (Å²) in [5, 5.41) is 26.2. The summed E-state index contributed by atoms with van der Waals surface area (Å²) in [6, 6.07) is 11.7. The number of amides is 1. The van der Waals surface area contributed by atoms with Crippen molar-refractivity contribution >= 4 is 30.1 Å². The van der Waals surface area contributed by atoms with Crippen molar-refractivity contribution in [3.63, 3.8) is 0 Å². The zero-order valence-corrected chi connectivity index (χ0v) is 17.0. The molecule has 8 heteroatoms. The fraction of sp³-hybridized carbons (Fsp3) is 0.182. The molecule has 0 saturated heterocycles. The summed E-state index contributed by atoms with van der Waals surface area (Å²) in [5.74, 6) is -0.531. The van der Waals surface area contributed by atoms with Crippen molar-refractivity contribution in [2.75, 3.05) is 6.54 Å². The highest BCUT2D eigenvalue weighted by atomic mass is 16.3. The predicted molar refractivity (Wildman–Crippen MR) is 116 cm³/mol. The predicted octanol–water partition coefficient (Wildman–Crippen LogP) is 3.49. The SMILES string of the molecule is C/C=N\N1C(C(=O)NCC)=C(O)c2cnc(-c3ccccc3)cc2/C1=C\C.O=CO. The van der Waals surface area contributed by atoms with Crippen LogP contribution in [0.15, 0.2) is 59.5 Å². The minimum atomic E-state index is -0.391. The second-order valence-electron chi connectivity index (χ2n) is 6.00. The normalized spacial score (nSPS) is 14.2. The Morgan fingerprint density at radius 1 is 1.23 bits per heavy atom. The first kappa shape index (κ1) is 22.4. The average molecular weight is 408 g/mol. The third-order valence-corrected chi connectivity index (χ3v) is 4.23. The lowest BCUT2D eigenvalue weighted by Gasteiger charge is -2.30. The first-order chi connectivity index (χ1) is 14.5. The van der Waals surface area contributed by atoms with Crippen molar-refractivity contribution in [3.8, 4) is 11.3 Å². The molecule has 1 aliphatic rings. The first-order valence-electron chi connectivity index (χ1n) is 9.34. The molecule has 1 aromatic heterocycles. The molecule has 156 valence electrons. The second-order valence-corrected chi connectivity index (χ2v) is 6.00. The monoisotopic (exact) mass is 408 g/mol. The van der Waals surface area contributed by atoms with Crippen LogP contribution in [-0.2, 0) is 9.59 Å². The molecule has 0 atom stereocenters. The number of carboxylic acid groups (broad SMARTS) is 1. The highest BCUT2D eigenvalue weighted by Gasteiger charge is 2.33. The zero-order chi connectivity index (χ0) is 22.1. The number of rotatable bonds is 4. The molecule has 0 saturated carbocycles. The van der Waals surface area contributed by atoms with Gasteiger partial charge in [0.1, 0.15) is 0 Å². The van der Waals surface area contributed by atoms with Gasteiger partial charge in [0.15, 0.2) is 11.5 Å². The molecule has 1 aromatic carbocycles. The molecule has 1 amide bonds. The Morgan fingerprint density at radius 2 is 1.90 bits per heavy atom. The maximum absolute atomic E-state index is 12.6. The number of allylic oxidation sites excluding steroid dienone is 1. The largest absolute Gasteiger partial charge is 0.505 e. The number of hydrogen-bond donors (Lipinski definition) is 3. The van der Waals surface area contributed by atoms with Gasteiger partial charge in [0.2, 0.25) is 0 Å². The summed E-state index contributed by atoms with van der Waals surface area (Å²) in [7, 11) is 0. The summed E-state index contributed by atoms with van der Waals surface area (Å²) >= 11 is 0. The number of pyridine rings is 1. The van der Waals surface area contributed by atoms with Gasteiger partial charge in [-0.2, -0.15) is 5.10 Å². The van der Waals surface area contributed by atoms with E-state index in [0.717, 1.165) is 16.8 Å². The third-order valence-electron chi connectivity index (χ3n) is 4.23. The van der Waals surface area contributed by atoms with Gasteiger partial charge in [-0.25, -0.2) is 5.01 Å². The molecule has 3 rings (SSSR count). The lowest BCUT2D eigenvalue weighted by atomic mass is 9.96. The number of aliphatic hydroxyl groups excluding tert-OH is 1. The topological polar surface area (TPSA) is 115 Å². The van der Waals surface area contributed by atoms with E-state index in [1.54, 1.807) is 19.3 Å². The quantitative estimate of drug-likeness (QED) is 0.527. The number of carbonyl (C=O) groups excluding carboxylic acids is 1. The van der Waals surface area contributed by atoms with Gasteiger partial charge in [0, 0.05) is 35.6 Å². The zero-order valence-electron chi connectivity index (χ0n) is 17.0. The van der Waals surface area contributed by atoms with E-state index in [9.17, 15) is 9.90 Å². The Hall–Kier alpha value is -3.94. The van der Waals surface area contributed by atoms with Crippen LogP contribution in [0.25, 0.3) is 22.7 Å². The van der Waals surface area contributed by atoms with Crippen LogP contribution < -0.4 is 5.32 Å². The number of aliphatic hydroxyl groups is 1. The molecule has 2 heterocycles. The summed E-state index contributed by atoms with van der Waals surface area (Å²) in [5.41, 5.74) is 3.82. The maximum atomic E-state index is 12.6. The van der Waals surface area contributed by atoms with Crippen LogP contribution in [0.3, 0.4) is 0 Å². The number of hydrazone groups is 1. The standard InChI is InChI=1S/C21H22N4O2.CH2O2/c1-4-18-15-12-17(14-10-8-7-9-11-14)23-13-16(15)20(26)19(21(27)22-5-2)25(18)24-6-3;2-1-3/h4,6-13,26H,5H2,1-3H3,(H,22,27);1H,(H,2,3)/b18-4+,24-6-;. The summed E-state index contributed by atoms with van der Waals surface area (Å²) in [4.78, 5) is 25.4. The van der Waals surface area contributed by atoms with Crippen molar-refractivity contribution in [2.45, 2.75) is 20.8 Å². The highest BCUT2D eigenvalue weighted by molar-refractivity contribution is 6.04. The summed E-state index contributed by atoms with van der Waals surface area (Å²) in [6.45, 7) is 5.65. The van der Waals surface area contributed by atoms with Gasteiger partial charge in [0.05, 0.1) is 11.4 Å². The molecule has 0 unspecified atom stereocenters. The van der Waals surface area contributed by atoms with E-state index < -0.39 is 5.91 Å². The molecule has 30 heavy (non-hydrogen) atoms. The summed E-state index contributed by atoms with van der Waals surface area (Å²) < 4.78 is 0. The number of benzene rings is 1. The number of hydrogen-bond acceptors (Lipinski definition) is 6. The van der Waals surface area contributed by atoms with Crippen molar-refractivity contribution in [3.05, 3.63) is 65.5 Å². The van der Waals surface area contributed by atoms with E-state index >= 15 is 0 Å². The molecule has 0 aliphatic carbocycles. The lowest BCUT2D eigenvalue weighted by Crippen LogP contribution is -2.35. The van der Waals surface area contributed by atoms with E-state index in [4.69, 9.17) is 9.90 Å². The van der Waals surface area contributed by atoms with Gasteiger partial charge in [-0.1, -0.05) is 36.4 Å². The van der Waals surface area contributed by atoms with Crippen LogP contribution in [0.1, 0.15) is 31.9 Å². The maximum Gasteiger partial charge on any atom is 0.290 e. The minimum Gasteiger partial charge on any atom is -0.505 e. The van der Waals surface area contributed by atoms with Gasteiger partial charge in [-0.3, -0.25) is 14.6 Å². The Kier molecular flexibility index (Phi) is 7.87. The highest BCUT2D eigenvalue weighted by Crippen LogP contribution is 2.38. The van der Waals surface area contributed by atoms with Gasteiger partial charge in [0.25, 0.3) is 12.4 Å². The van der Waals surface area contributed by atoms with Gasteiger partial charge in [-0.15, -0.1) is 0 Å². The average Bonchev–Trinajstić information content (AvgIpc) is 2.75. The molecular formula is C22H24N4O4. The van der Waals surface area contributed by atoms with E-state index in [1.807, 2.05) is 56.3 Å². The van der Waals surface area contributed by atoms with Crippen molar-refractivity contribution in [2.24, 2.45) is 5.10 Å². The van der Waals surface area contributed by atoms with Gasteiger partial charge in [-0.05, 0) is 26.8 Å². The smallest absolute Gasteiger partial charge is 0.290 e. The Morgan fingerprint density at radius 3 is 2.47 bits per heavy atom. The van der Waals surface area contributed by atoms with Crippen LogP contribution in [0.5, 0.6) is 0 Å². The molecule has 2 aromatic rings. The third kappa shape index (κ3) is 4.54. The molecular weight excluding hydrogens is 384 g/mol. The Balaban J connectivity index is 0.00000101. The van der Waals surface area contributed by atoms with Crippen LogP contribution in [-0.4, -0.2) is 45.3 Å². The molecule has 0 fully saturated rings. The molecule has 8 nitrogen and oxygen atoms in total.